The summed E-state index contributed by atoms with van der Waals surface area (Å²) in [5.74, 6) is 0.373. The zero-order valence-corrected chi connectivity index (χ0v) is 15.0. The Labute approximate surface area is 152 Å². The molecule has 1 aromatic heterocycles. The highest BCUT2D eigenvalue weighted by Gasteiger charge is 2.27. The minimum absolute atomic E-state index is 0.133. The Morgan fingerprint density at radius 1 is 1.04 bits per heavy atom. The molecule has 128 valence electrons. The van der Waals surface area contributed by atoms with E-state index in [9.17, 15) is 4.79 Å². The van der Waals surface area contributed by atoms with Crippen LogP contribution in [0.2, 0.25) is 0 Å². The Bertz CT molecular complexity index is 817. The predicted molar refractivity (Wildman–Crippen MR) is 103 cm³/mol. The third-order valence-corrected chi connectivity index (χ3v) is 6.07. The molecule has 0 radical (unpaired) electrons. The van der Waals surface area contributed by atoms with Crippen molar-refractivity contribution in [1.82, 2.24) is 9.88 Å². The number of rotatable bonds is 5. The second kappa shape index (κ2) is 7.46. The number of likely N-dealkylation sites (tertiary alicyclic amines) is 1. The average molecular weight is 350 g/mol. The van der Waals surface area contributed by atoms with Gasteiger partial charge in [-0.3, -0.25) is 4.79 Å². The number of piperidine rings is 1. The maximum atomic E-state index is 12.8. The number of hydrogen-bond acceptors (Lipinski definition) is 4. The molecule has 25 heavy (non-hydrogen) atoms. The Kier molecular flexibility index (Phi) is 4.90. The lowest BCUT2D eigenvalue weighted by Gasteiger charge is -2.30. The minimum Gasteiger partial charge on any atom is -0.303 e. The third-order valence-electron chi connectivity index (χ3n) is 5.02. The van der Waals surface area contributed by atoms with E-state index < -0.39 is 0 Å². The summed E-state index contributed by atoms with van der Waals surface area (Å²) < 4.78 is 1.10. The molecule has 0 spiro atoms. The van der Waals surface area contributed by atoms with E-state index in [2.05, 4.69) is 40.2 Å². The first-order chi connectivity index (χ1) is 12.3. The molecule has 1 aliphatic heterocycles. The van der Waals surface area contributed by atoms with Crippen molar-refractivity contribution < 1.29 is 4.79 Å². The summed E-state index contributed by atoms with van der Waals surface area (Å²) in [6.07, 6.45) is 2.98. The molecule has 0 atom stereocenters. The number of para-hydroxylation sites is 1. The van der Waals surface area contributed by atoms with Crippen molar-refractivity contribution in [3.63, 3.8) is 0 Å². The van der Waals surface area contributed by atoms with Gasteiger partial charge in [-0.05, 0) is 50.0 Å². The highest BCUT2D eigenvalue weighted by molar-refractivity contribution is 7.20. The van der Waals surface area contributed by atoms with Crippen LogP contribution in [-0.2, 0) is 6.42 Å². The van der Waals surface area contributed by atoms with E-state index in [0.717, 1.165) is 49.1 Å². The first kappa shape index (κ1) is 16.4. The second-order valence-corrected chi connectivity index (χ2v) is 7.73. The van der Waals surface area contributed by atoms with Crippen LogP contribution < -0.4 is 0 Å². The van der Waals surface area contributed by atoms with E-state index >= 15 is 0 Å². The monoisotopic (exact) mass is 350 g/mol. The molecular weight excluding hydrogens is 328 g/mol. The number of thiazole rings is 1. The molecule has 4 rings (SSSR count). The Morgan fingerprint density at radius 2 is 1.76 bits per heavy atom. The maximum Gasteiger partial charge on any atom is 0.194 e. The fourth-order valence-corrected chi connectivity index (χ4v) is 4.49. The Balaban J connectivity index is 1.32. The van der Waals surface area contributed by atoms with Gasteiger partial charge in [0, 0.05) is 12.5 Å². The SMILES string of the molecule is O=C(c1nc2ccccc2s1)C1CCN(CCc2ccccc2)CC1. The Hall–Kier alpha value is -2.04. The molecule has 1 aliphatic rings. The van der Waals surface area contributed by atoms with Gasteiger partial charge in [-0.25, -0.2) is 4.98 Å². The molecule has 3 aromatic rings. The summed E-state index contributed by atoms with van der Waals surface area (Å²) in [5.41, 5.74) is 2.33. The van der Waals surface area contributed by atoms with E-state index in [-0.39, 0.29) is 11.7 Å². The van der Waals surface area contributed by atoms with Crippen LogP contribution in [0.3, 0.4) is 0 Å². The van der Waals surface area contributed by atoms with Crippen molar-refractivity contribution in [3.05, 3.63) is 65.2 Å². The van der Waals surface area contributed by atoms with E-state index in [1.54, 1.807) is 0 Å². The van der Waals surface area contributed by atoms with Gasteiger partial charge >= 0.3 is 0 Å². The standard InChI is InChI=1S/C21H22N2OS/c24-20(21-22-18-8-4-5-9-19(18)25-21)17-11-14-23(15-12-17)13-10-16-6-2-1-3-7-16/h1-9,17H,10-15H2. The largest absolute Gasteiger partial charge is 0.303 e. The van der Waals surface area contributed by atoms with Gasteiger partial charge in [0.15, 0.2) is 10.8 Å². The molecule has 0 aliphatic carbocycles. The maximum absolute atomic E-state index is 12.8. The van der Waals surface area contributed by atoms with E-state index in [4.69, 9.17) is 0 Å². The number of fused-ring (bicyclic) bond motifs is 1. The first-order valence-electron chi connectivity index (χ1n) is 8.96. The number of aromatic nitrogens is 1. The molecule has 0 saturated carbocycles. The highest BCUT2D eigenvalue weighted by atomic mass is 32.1. The number of hydrogen-bond donors (Lipinski definition) is 0. The predicted octanol–water partition coefficient (Wildman–Crippen LogP) is 4.43. The van der Waals surface area contributed by atoms with Crippen molar-refractivity contribution in [2.24, 2.45) is 5.92 Å². The minimum atomic E-state index is 0.133. The number of benzene rings is 2. The van der Waals surface area contributed by atoms with E-state index in [1.165, 1.54) is 16.9 Å². The molecular formula is C21H22N2OS. The van der Waals surface area contributed by atoms with Gasteiger partial charge in [0.1, 0.15) is 0 Å². The molecule has 2 aromatic carbocycles. The van der Waals surface area contributed by atoms with Crippen molar-refractivity contribution >= 4 is 27.3 Å². The first-order valence-corrected chi connectivity index (χ1v) is 9.77. The van der Waals surface area contributed by atoms with Crippen molar-refractivity contribution in [2.45, 2.75) is 19.3 Å². The topological polar surface area (TPSA) is 33.2 Å². The summed E-state index contributed by atoms with van der Waals surface area (Å²) in [5, 5.41) is 0.684. The van der Waals surface area contributed by atoms with Gasteiger partial charge in [0.05, 0.1) is 10.2 Å². The van der Waals surface area contributed by atoms with Gasteiger partial charge in [-0.2, -0.15) is 0 Å². The summed E-state index contributed by atoms with van der Waals surface area (Å²) in [6, 6.07) is 18.6. The normalized spacial score (nSPS) is 16.3. The van der Waals surface area contributed by atoms with Gasteiger partial charge in [-0.1, -0.05) is 42.5 Å². The molecule has 4 heteroatoms. The van der Waals surface area contributed by atoms with Crippen molar-refractivity contribution in [1.29, 1.82) is 0 Å². The number of nitrogens with zero attached hydrogens (tertiary/aromatic N) is 2. The van der Waals surface area contributed by atoms with Gasteiger partial charge < -0.3 is 4.90 Å². The van der Waals surface area contributed by atoms with Crippen LogP contribution in [0.4, 0.5) is 0 Å². The number of carbonyl (C=O) groups is 1. The fourth-order valence-electron chi connectivity index (χ4n) is 3.50. The summed E-state index contributed by atoms with van der Waals surface area (Å²) in [6.45, 7) is 3.09. The van der Waals surface area contributed by atoms with Crippen LogP contribution in [0.15, 0.2) is 54.6 Å². The number of Topliss-reactive ketones (excluding diaryl/α,β-unsaturated/α-hetero) is 1. The highest BCUT2D eigenvalue weighted by Crippen LogP contribution is 2.27. The van der Waals surface area contributed by atoms with Crippen LogP contribution >= 0.6 is 11.3 Å². The molecule has 0 N–H and O–H groups in total. The third kappa shape index (κ3) is 3.80. The zero-order chi connectivity index (χ0) is 17.1. The van der Waals surface area contributed by atoms with E-state index in [0.29, 0.717) is 5.01 Å². The molecule has 1 saturated heterocycles. The molecule has 2 heterocycles. The molecule has 1 fully saturated rings. The smallest absolute Gasteiger partial charge is 0.194 e. The van der Waals surface area contributed by atoms with Crippen LogP contribution in [0.25, 0.3) is 10.2 Å². The summed E-state index contributed by atoms with van der Waals surface area (Å²) >= 11 is 1.53. The molecule has 0 unspecified atom stereocenters. The Morgan fingerprint density at radius 3 is 2.52 bits per heavy atom. The number of ketones is 1. The average Bonchev–Trinajstić information content (AvgIpc) is 3.11. The van der Waals surface area contributed by atoms with Crippen molar-refractivity contribution in [2.75, 3.05) is 19.6 Å². The van der Waals surface area contributed by atoms with Crippen LogP contribution in [0, 0.1) is 5.92 Å². The zero-order valence-electron chi connectivity index (χ0n) is 14.2. The fraction of sp³-hybridized carbons (Fsp3) is 0.333. The van der Waals surface area contributed by atoms with E-state index in [1.807, 2.05) is 24.3 Å². The molecule has 3 nitrogen and oxygen atoms in total. The summed E-state index contributed by atoms with van der Waals surface area (Å²) in [4.78, 5) is 19.8. The van der Waals surface area contributed by atoms with Crippen LogP contribution in [-0.4, -0.2) is 35.3 Å². The lowest BCUT2D eigenvalue weighted by Crippen LogP contribution is -2.37. The van der Waals surface area contributed by atoms with Crippen molar-refractivity contribution in [3.8, 4) is 0 Å². The number of carbonyl (C=O) groups excluding carboxylic acids is 1. The lowest BCUT2D eigenvalue weighted by atomic mass is 9.92. The summed E-state index contributed by atoms with van der Waals surface area (Å²) in [7, 11) is 0. The van der Waals surface area contributed by atoms with Crippen LogP contribution in [0.5, 0.6) is 0 Å². The molecule has 0 amide bonds. The van der Waals surface area contributed by atoms with Gasteiger partial charge in [0.2, 0.25) is 0 Å². The van der Waals surface area contributed by atoms with Gasteiger partial charge in [0.25, 0.3) is 0 Å². The second-order valence-electron chi connectivity index (χ2n) is 6.70. The van der Waals surface area contributed by atoms with Gasteiger partial charge in [-0.15, -0.1) is 11.3 Å². The molecule has 0 bridgehead atoms. The van der Waals surface area contributed by atoms with Crippen LogP contribution in [0.1, 0.15) is 28.2 Å². The lowest BCUT2D eigenvalue weighted by molar-refractivity contribution is 0.0841. The quantitative estimate of drug-likeness (QED) is 0.638.